The van der Waals surface area contributed by atoms with Crippen molar-refractivity contribution in [2.45, 2.75) is 24.8 Å². The molecule has 2 aromatic rings. The number of sulfonamides is 1. The molecule has 8 heteroatoms. The Bertz CT molecular complexity index is 923. The number of primary sulfonamides is 1. The Morgan fingerprint density at radius 2 is 1.72 bits per heavy atom. The number of carbonyl (C=O) groups is 2. The maximum atomic E-state index is 12.3. The Morgan fingerprint density at radius 1 is 1.12 bits per heavy atom. The summed E-state index contributed by atoms with van der Waals surface area (Å²) in [5.74, 6) is -1.30. The van der Waals surface area contributed by atoms with E-state index < -0.39 is 22.1 Å². The lowest BCUT2D eigenvalue weighted by Crippen LogP contribution is -2.25. The zero-order valence-corrected chi connectivity index (χ0v) is 15.1. The topological polar surface area (TPSA) is 104 Å². The van der Waals surface area contributed by atoms with Crippen LogP contribution in [0.5, 0.6) is 0 Å². The van der Waals surface area contributed by atoms with Crippen LogP contribution in [-0.2, 0) is 14.8 Å². The molecule has 6 nitrogen and oxygen atoms in total. The number of carbonyl (C=O) groups excluding carboxylic acids is 2. The first-order valence-electron chi connectivity index (χ1n) is 7.24. The standard InChI is InChI=1S/C17H16ClNO5S/c1-10-3-5-12(6-4-10)16(20)11(2)24-17(21)14-9-13(25(19,22)23)7-8-15(14)18/h3-9,11H,1-2H3,(H2,19,22,23)/t11-/m0/s1. The first-order valence-corrected chi connectivity index (χ1v) is 9.16. The summed E-state index contributed by atoms with van der Waals surface area (Å²) in [5, 5.41) is 5.03. The summed E-state index contributed by atoms with van der Waals surface area (Å²) in [5.41, 5.74) is 1.21. The van der Waals surface area contributed by atoms with Crippen molar-refractivity contribution >= 4 is 33.4 Å². The van der Waals surface area contributed by atoms with Crippen molar-refractivity contribution in [2.75, 3.05) is 0 Å². The number of benzene rings is 2. The van der Waals surface area contributed by atoms with Gasteiger partial charge in [-0.2, -0.15) is 0 Å². The second kappa shape index (κ2) is 7.35. The summed E-state index contributed by atoms with van der Waals surface area (Å²) >= 11 is 5.92. The number of aryl methyl sites for hydroxylation is 1. The Labute approximate surface area is 150 Å². The smallest absolute Gasteiger partial charge is 0.340 e. The molecule has 0 aliphatic rings. The molecule has 0 heterocycles. The van der Waals surface area contributed by atoms with Crippen LogP contribution >= 0.6 is 11.6 Å². The molecule has 0 fully saturated rings. The number of Topliss-reactive ketones (excluding diaryl/α,β-unsaturated/α-hetero) is 1. The molecule has 0 aromatic heterocycles. The average molecular weight is 382 g/mol. The van der Waals surface area contributed by atoms with Crippen molar-refractivity contribution in [3.63, 3.8) is 0 Å². The third-order valence-corrected chi connectivity index (χ3v) is 4.72. The van der Waals surface area contributed by atoms with Gasteiger partial charge in [0.25, 0.3) is 0 Å². The zero-order valence-electron chi connectivity index (χ0n) is 13.5. The fraction of sp³-hybridized carbons (Fsp3) is 0.176. The molecule has 0 aliphatic carbocycles. The predicted molar refractivity (Wildman–Crippen MR) is 93.2 cm³/mol. The van der Waals surface area contributed by atoms with Crippen molar-refractivity contribution in [3.8, 4) is 0 Å². The van der Waals surface area contributed by atoms with Crippen LogP contribution in [0.4, 0.5) is 0 Å². The van der Waals surface area contributed by atoms with E-state index in [1.165, 1.54) is 19.1 Å². The molecule has 0 radical (unpaired) electrons. The molecule has 2 N–H and O–H groups in total. The highest BCUT2D eigenvalue weighted by Gasteiger charge is 2.23. The van der Waals surface area contributed by atoms with Crippen molar-refractivity contribution in [2.24, 2.45) is 5.14 Å². The molecule has 25 heavy (non-hydrogen) atoms. The van der Waals surface area contributed by atoms with Crippen LogP contribution in [0.2, 0.25) is 5.02 Å². The van der Waals surface area contributed by atoms with Crippen molar-refractivity contribution in [1.29, 1.82) is 0 Å². The molecule has 0 bridgehead atoms. The third kappa shape index (κ3) is 4.66. The average Bonchev–Trinajstić information content (AvgIpc) is 2.54. The van der Waals surface area contributed by atoms with E-state index in [1.54, 1.807) is 24.3 Å². The largest absolute Gasteiger partial charge is 0.451 e. The van der Waals surface area contributed by atoms with Crippen molar-refractivity contribution in [3.05, 3.63) is 64.2 Å². The number of rotatable bonds is 5. The van der Waals surface area contributed by atoms with E-state index in [2.05, 4.69) is 0 Å². The molecular weight excluding hydrogens is 366 g/mol. The number of hydrogen-bond donors (Lipinski definition) is 1. The maximum Gasteiger partial charge on any atom is 0.340 e. The molecule has 2 aromatic carbocycles. The predicted octanol–water partition coefficient (Wildman–Crippen LogP) is 2.72. The van der Waals surface area contributed by atoms with Gasteiger partial charge in [0.05, 0.1) is 15.5 Å². The van der Waals surface area contributed by atoms with E-state index in [0.717, 1.165) is 11.6 Å². The second-order valence-electron chi connectivity index (χ2n) is 5.46. The zero-order chi connectivity index (χ0) is 18.8. The van der Waals surface area contributed by atoms with E-state index in [0.29, 0.717) is 5.56 Å². The Hall–Kier alpha value is -2.22. The molecule has 2 rings (SSSR count). The molecule has 0 amide bonds. The molecule has 0 unspecified atom stereocenters. The lowest BCUT2D eigenvalue weighted by atomic mass is 10.1. The summed E-state index contributed by atoms with van der Waals surface area (Å²) in [7, 11) is -4.00. The fourth-order valence-corrected chi connectivity index (χ4v) is 2.80. The second-order valence-corrected chi connectivity index (χ2v) is 7.43. The third-order valence-electron chi connectivity index (χ3n) is 3.48. The van der Waals surface area contributed by atoms with E-state index in [1.807, 2.05) is 6.92 Å². The van der Waals surface area contributed by atoms with Gasteiger partial charge in [-0.3, -0.25) is 4.79 Å². The van der Waals surface area contributed by atoms with Crippen LogP contribution in [0.1, 0.15) is 33.2 Å². The van der Waals surface area contributed by atoms with Gasteiger partial charge >= 0.3 is 5.97 Å². The Balaban J connectivity index is 2.21. The number of ether oxygens (including phenoxy) is 1. The summed E-state index contributed by atoms with van der Waals surface area (Å²) in [4.78, 5) is 24.3. The first kappa shape index (κ1) is 19.1. The fourth-order valence-electron chi connectivity index (χ4n) is 2.07. The van der Waals surface area contributed by atoms with Gasteiger partial charge in [-0.1, -0.05) is 41.4 Å². The number of halogens is 1. The number of ketones is 1. The van der Waals surface area contributed by atoms with E-state index >= 15 is 0 Å². The first-order chi connectivity index (χ1) is 11.6. The minimum Gasteiger partial charge on any atom is -0.451 e. The van der Waals surface area contributed by atoms with Gasteiger partial charge in [0.2, 0.25) is 15.8 Å². The number of nitrogens with two attached hydrogens (primary N) is 1. The summed E-state index contributed by atoms with van der Waals surface area (Å²) in [6.45, 7) is 3.32. The molecular formula is C17H16ClNO5S. The van der Waals surface area contributed by atoms with Crippen LogP contribution < -0.4 is 5.14 Å². The van der Waals surface area contributed by atoms with E-state index in [9.17, 15) is 18.0 Å². The lowest BCUT2D eigenvalue weighted by Gasteiger charge is -2.13. The molecule has 0 saturated heterocycles. The minimum atomic E-state index is -4.00. The van der Waals surface area contributed by atoms with Crippen LogP contribution in [0, 0.1) is 6.92 Å². The highest BCUT2D eigenvalue weighted by Crippen LogP contribution is 2.21. The maximum absolute atomic E-state index is 12.3. The van der Waals surface area contributed by atoms with Gasteiger partial charge in [-0.05, 0) is 32.0 Å². The van der Waals surface area contributed by atoms with Gasteiger partial charge in [0.1, 0.15) is 0 Å². The van der Waals surface area contributed by atoms with Gasteiger partial charge in [0, 0.05) is 5.56 Å². The van der Waals surface area contributed by atoms with Crippen LogP contribution in [-0.4, -0.2) is 26.3 Å². The molecule has 0 aliphatic heterocycles. The highest BCUT2D eigenvalue weighted by atomic mass is 35.5. The number of hydrogen-bond acceptors (Lipinski definition) is 5. The number of esters is 1. The van der Waals surface area contributed by atoms with Crippen LogP contribution in [0.3, 0.4) is 0 Å². The summed E-state index contributed by atoms with van der Waals surface area (Å²) in [6, 6.07) is 10.2. The van der Waals surface area contributed by atoms with Crippen LogP contribution in [0.15, 0.2) is 47.4 Å². The molecule has 1 atom stereocenters. The van der Waals surface area contributed by atoms with Crippen molar-refractivity contribution < 1.29 is 22.7 Å². The van der Waals surface area contributed by atoms with E-state index in [4.69, 9.17) is 21.5 Å². The summed E-state index contributed by atoms with van der Waals surface area (Å²) in [6.07, 6.45) is -1.07. The molecule has 0 saturated carbocycles. The Kier molecular flexibility index (Phi) is 5.62. The van der Waals surface area contributed by atoms with Crippen LogP contribution in [0.25, 0.3) is 0 Å². The SMILES string of the molecule is Cc1ccc(C(=O)[C@H](C)OC(=O)c2cc(S(N)(=O)=O)ccc2Cl)cc1. The minimum absolute atomic E-state index is 0.00705. The quantitative estimate of drug-likeness (QED) is 0.633. The lowest BCUT2D eigenvalue weighted by molar-refractivity contribution is 0.0318. The van der Waals surface area contributed by atoms with Crippen molar-refractivity contribution in [1.82, 2.24) is 0 Å². The summed E-state index contributed by atoms with van der Waals surface area (Å²) < 4.78 is 27.9. The van der Waals surface area contributed by atoms with Gasteiger partial charge in [0.15, 0.2) is 6.10 Å². The van der Waals surface area contributed by atoms with Gasteiger partial charge in [-0.25, -0.2) is 18.4 Å². The Morgan fingerprint density at radius 3 is 2.28 bits per heavy atom. The molecule has 0 spiro atoms. The highest BCUT2D eigenvalue weighted by molar-refractivity contribution is 7.89. The van der Waals surface area contributed by atoms with E-state index in [-0.39, 0.29) is 21.3 Å². The molecule has 132 valence electrons. The van der Waals surface area contributed by atoms with Gasteiger partial charge < -0.3 is 4.74 Å². The normalized spacial score (nSPS) is 12.5. The monoisotopic (exact) mass is 381 g/mol. The van der Waals surface area contributed by atoms with Gasteiger partial charge in [-0.15, -0.1) is 0 Å².